The van der Waals surface area contributed by atoms with E-state index < -0.39 is 10.0 Å². The maximum atomic E-state index is 12.7. The summed E-state index contributed by atoms with van der Waals surface area (Å²) in [6.45, 7) is 4.37. The van der Waals surface area contributed by atoms with Crippen LogP contribution < -0.4 is 4.72 Å². The number of hydrogen-bond acceptors (Lipinski definition) is 5. The zero-order chi connectivity index (χ0) is 18.2. The summed E-state index contributed by atoms with van der Waals surface area (Å²) in [6.07, 6.45) is 1.87. The molecule has 25 heavy (non-hydrogen) atoms. The van der Waals surface area contributed by atoms with E-state index >= 15 is 0 Å². The van der Waals surface area contributed by atoms with Gasteiger partial charge in [-0.1, -0.05) is 16.8 Å². The summed E-state index contributed by atoms with van der Waals surface area (Å²) in [7, 11) is -3.94. The number of hydrogen-bond donors (Lipinski definition) is 1. The third-order valence-electron chi connectivity index (χ3n) is 4.09. The highest BCUT2D eigenvalue weighted by atomic mass is 35.5. The number of sulfonamides is 1. The van der Waals surface area contributed by atoms with Gasteiger partial charge in [-0.25, -0.2) is 8.42 Å². The number of likely N-dealkylation sites (tertiary alicyclic amines) is 1. The van der Waals surface area contributed by atoms with Crippen LogP contribution in [0.25, 0.3) is 0 Å². The molecule has 134 valence electrons. The van der Waals surface area contributed by atoms with Crippen LogP contribution in [0.5, 0.6) is 0 Å². The highest BCUT2D eigenvalue weighted by Gasteiger charge is 2.28. The van der Waals surface area contributed by atoms with E-state index in [4.69, 9.17) is 16.1 Å². The van der Waals surface area contributed by atoms with Gasteiger partial charge in [0.2, 0.25) is 0 Å². The van der Waals surface area contributed by atoms with E-state index in [1.807, 2.05) is 0 Å². The molecule has 0 unspecified atom stereocenters. The Bertz CT molecular complexity index is 898. The standard InChI is InChI=1S/C16H18ClN3O4S/c1-10-15(11(2)24-18-10)25(22,23)19-14-6-5-12(17)9-13(14)16(21)20-7-3-4-8-20/h5-6,9,19H,3-4,7-8H2,1-2H3. The van der Waals surface area contributed by atoms with E-state index in [9.17, 15) is 13.2 Å². The first-order valence-corrected chi connectivity index (χ1v) is 9.70. The Labute approximate surface area is 151 Å². The molecule has 1 aliphatic rings. The second-order valence-electron chi connectivity index (χ2n) is 5.95. The van der Waals surface area contributed by atoms with Crippen LogP contribution in [-0.4, -0.2) is 37.5 Å². The summed E-state index contributed by atoms with van der Waals surface area (Å²) in [6, 6.07) is 4.50. The molecule has 1 aromatic heterocycles. The molecule has 7 nitrogen and oxygen atoms in total. The molecule has 2 heterocycles. The molecule has 0 spiro atoms. The molecule has 2 aromatic rings. The van der Waals surface area contributed by atoms with Gasteiger partial charge >= 0.3 is 0 Å². The number of carbonyl (C=O) groups is 1. The summed E-state index contributed by atoms with van der Waals surface area (Å²) in [5, 5.41) is 4.03. The Morgan fingerprint density at radius 3 is 2.56 bits per heavy atom. The number of anilines is 1. The van der Waals surface area contributed by atoms with E-state index in [0.717, 1.165) is 12.8 Å². The molecule has 1 aromatic carbocycles. The Morgan fingerprint density at radius 2 is 1.96 bits per heavy atom. The molecule has 1 aliphatic heterocycles. The zero-order valence-electron chi connectivity index (χ0n) is 13.9. The summed E-state index contributed by atoms with van der Waals surface area (Å²) in [5.74, 6) is -0.0529. The van der Waals surface area contributed by atoms with Crippen LogP contribution in [0.3, 0.4) is 0 Å². The number of carbonyl (C=O) groups excluding carboxylic acids is 1. The molecule has 9 heteroatoms. The molecule has 0 atom stereocenters. The Balaban J connectivity index is 1.99. The average molecular weight is 384 g/mol. The fourth-order valence-corrected chi connectivity index (χ4v) is 4.51. The summed E-state index contributed by atoms with van der Waals surface area (Å²) in [5.41, 5.74) is 0.664. The molecule has 3 rings (SSSR count). The lowest BCUT2D eigenvalue weighted by molar-refractivity contribution is 0.0794. The van der Waals surface area contributed by atoms with Crippen LogP contribution in [0.4, 0.5) is 5.69 Å². The topological polar surface area (TPSA) is 92.5 Å². The van der Waals surface area contributed by atoms with Crippen LogP contribution in [0, 0.1) is 13.8 Å². The number of nitrogens with one attached hydrogen (secondary N) is 1. The van der Waals surface area contributed by atoms with Gasteiger partial charge in [0.05, 0.1) is 11.3 Å². The summed E-state index contributed by atoms with van der Waals surface area (Å²) >= 11 is 6.02. The minimum absolute atomic E-state index is 0.0259. The Hall–Kier alpha value is -2.06. The van der Waals surface area contributed by atoms with Gasteiger partial charge in [0.25, 0.3) is 15.9 Å². The predicted molar refractivity (Wildman–Crippen MR) is 93.4 cm³/mol. The number of amides is 1. The van der Waals surface area contributed by atoms with Crippen molar-refractivity contribution in [2.45, 2.75) is 31.6 Å². The van der Waals surface area contributed by atoms with E-state index in [0.29, 0.717) is 18.1 Å². The molecule has 0 saturated carbocycles. The van der Waals surface area contributed by atoms with Crippen molar-refractivity contribution in [1.29, 1.82) is 0 Å². The number of aryl methyl sites for hydroxylation is 2. The zero-order valence-corrected chi connectivity index (χ0v) is 15.4. The van der Waals surface area contributed by atoms with Crippen molar-refractivity contribution >= 4 is 33.2 Å². The lowest BCUT2D eigenvalue weighted by Gasteiger charge is -2.18. The van der Waals surface area contributed by atoms with Gasteiger partial charge in [-0.15, -0.1) is 0 Å². The largest absolute Gasteiger partial charge is 0.360 e. The number of aromatic nitrogens is 1. The molecule has 1 amide bonds. The Kier molecular flexibility index (Phi) is 4.75. The van der Waals surface area contributed by atoms with E-state index in [2.05, 4.69) is 9.88 Å². The quantitative estimate of drug-likeness (QED) is 0.876. The maximum absolute atomic E-state index is 12.7. The monoisotopic (exact) mass is 383 g/mol. The number of rotatable bonds is 4. The fourth-order valence-electron chi connectivity index (χ4n) is 2.93. The minimum atomic E-state index is -3.94. The van der Waals surface area contributed by atoms with Crippen LogP contribution in [-0.2, 0) is 10.0 Å². The van der Waals surface area contributed by atoms with Gasteiger partial charge < -0.3 is 9.42 Å². The van der Waals surface area contributed by atoms with Crippen molar-refractivity contribution in [1.82, 2.24) is 10.1 Å². The van der Waals surface area contributed by atoms with E-state index in [1.54, 1.807) is 11.8 Å². The van der Waals surface area contributed by atoms with Crippen LogP contribution in [0.2, 0.25) is 5.02 Å². The third kappa shape index (κ3) is 3.50. The van der Waals surface area contributed by atoms with Crippen LogP contribution in [0.1, 0.15) is 34.7 Å². The van der Waals surface area contributed by atoms with Gasteiger partial charge in [-0.05, 0) is 44.9 Å². The van der Waals surface area contributed by atoms with Crippen LogP contribution in [0.15, 0.2) is 27.6 Å². The van der Waals surface area contributed by atoms with Gasteiger partial charge in [-0.2, -0.15) is 0 Å². The minimum Gasteiger partial charge on any atom is -0.360 e. The first kappa shape index (κ1) is 17.8. The average Bonchev–Trinajstić information content (AvgIpc) is 3.18. The molecular formula is C16H18ClN3O4S. The van der Waals surface area contributed by atoms with Crippen molar-refractivity contribution in [3.63, 3.8) is 0 Å². The van der Waals surface area contributed by atoms with Gasteiger partial charge in [0.1, 0.15) is 5.69 Å². The molecule has 1 N–H and O–H groups in total. The molecule has 0 radical (unpaired) electrons. The van der Waals surface area contributed by atoms with Gasteiger partial charge in [-0.3, -0.25) is 9.52 Å². The number of nitrogens with zero attached hydrogens (tertiary/aromatic N) is 2. The van der Waals surface area contributed by atoms with Crippen molar-refractivity contribution in [3.05, 3.63) is 40.2 Å². The van der Waals surface area contributed by atoms with Crippen molar-refractivity contribution in [3.8, 4) is 0 Å². The van der Waals surface area contributed by atoms with E-state index in [-0.39, 0.29) is 33.5 Å². The highest BCUT2D eigenvalue weighted by molar-refractivity contribution is 7.92. The normalized spacial score (nSPS) is 14.8. The van der Waals surface area contributed by atoms with Crippen LogP contribution >= 0.6 is 11.6 Å². The molecule has 0 bridgehead atoms. The smallest absolute Gasteiger partial charge is 0.267 e. The lowest BCUT2D eigenvalue weighted by atomic mass is 10.1. The SMILES string of the molecule is Cc1noc(C)c1S(=O)(=O)Nc1ccc(Cl)cc1C(=O)N1CCCC1. The fraction of sp³-hybridized carbons (Fsp3) is 0.375. The molecule has 1 saturated heterocycles. The van der Waals surface area contributed by atoms with E-state index in [1.165, 1.54) is 25.1 Å². The second kappa shape index (κ2) is 6.68. The van der Waals surface area contributed by atoms with Gasteiger partial charge in [0, 0.05) is 18.1 Å². The summed E-state index contributed by atoms with van der Waals surface area (Å²) in [4.78, 5) is 14.4. The molecule has 0 aliphatic carbocycles. The first-order valence-electron chi connectivity index (χ1n) is 7.84. The van der Waals surface area contributed by atoms with Crippen molar-refractivity contribution in [2.75, 3.05) is 17.8 Å². The number of halogens is 1. The predicted octanol–water partition coefficient (Wildman–Crippen LogP) is 2.98. The third-order valence-corrected chi connectivity index (χ3v) is 5.93. The summed E-state index contributed by atoms with van der Waals surface area (Å²) < 4.78 is 32.8. The van der Waals surface area contributed by atoms with Crippen molar-refractivity contribution < 1.29 is 17.7 Å². The van der Waals surface area contributed by atoms with Gasteiger partial charge in [0.15, 0.2) is 10.7 Å². The molecular weight excluding hydrogens is 366 g/mol. The first-order chi connectivity index (χ1) is 11.8. The molecule has 1 fully saturated rings. The van der Waals surface area contributed by atoms with Crippen molar-refractivity contribution in [2.24, 2.45) is 0 Å². The maximum Gasteiger partial charge on any atom is 0.267 e. The highest BCUT2D eigenvalue weighted by Crippen LogP contribution is 2.28. The number of benzene rings is 1. The Morgan fingerprint density at radius 1 is 1.28 bits per heavy atom. The lowest BCUT2D eigenvalue weighted by Crippen LogP contribution is -2.29. The second-order valence-corrected chi connectivity index (χ2v) is 8.00.